The molecule has 2 rings (SSSR count). The Labute approximate surface area is 114 Å². The van der Waals surface area contributed by atoms with Gasteiger partial charge < -0.3 is 15.3 Å². The van der Waals surface area contributed by atoms with E-state index in [1.807, 2.05) is 0 Å². The van der Waals surface area contributed by atoms with Crippen LogP contribution in [0, 0.1) is 6.92 Å². The molecule has 0 spiro atoms. The third-order valence-corrected chi connectivity index (χ3v) is 3.75. The van der Waals surface area contributed by atoms with E-state index >= 15 is 0 Å². The lowest BCUT2D eigenvalue weighted by Gasteiger charge is -2.39. The predicted molar refractivity (Wildman–Crippen MR) is 76.8 cm³/mol. The molecule has 1 heterocycles. The monoisotopic (exact) mass is 262 g/mol. The fourth-order valence-electron chi connectivity index (χ4n) is 2.86. The minimum atomic E-state index is -0.731. The zero-order valence-corrected chi connectivity index (χ0v) is 11.6. The van der Waals surface area contributed by atoms with Crippen molar-refractivity contribution in [2.75, 3.05) is 24.5 Å². The maximum atomic E-state index is 11.0. The largest absolute Gasteiger partial charge is 0.481 e. The van der Waals surface area contributed by atoms with Crippen molar-refractivity contribution < 1.29 is 9.90 Å². The molecule has 1 aromatic rings. The number of para-hydroxylation sites is 1. The van der Waals surface area contributed by atoms with Crippen molar-refractivity contribution in [3.05, 3.63) is 29.3 Å². The van der Waals surface area contributed by atoms with E-state index in [0.29, 0.717) is 0 Å². The van der Waals surface area contributed by atoms with Gasteiger partial charge in [0.2, 0.25) is 0 Å². The quantitative estimate of drug-likeness (QED) is 0.869. The Kier molecular flexibility index (Phi) is 4.43. The van der Waals surface area contributed by atoms with Gasteiger partial charge >= 0.3 is 5.97 Å². The summed E-state index contributed by atoms with van der Waals surface area (Å²) >= 11 is 0. The van der Waals surface area contributed by atoms with Crippen LogP contribution in [0.15, 0.2) is 18.2 Å². The highest BCUT2D eigenvalue weighted by molar-refractivity contribution is 5.69. The first kappa shape index (κ1) is 13.9. The van der Waals surface area contributed by atoms with Gasteiger partial charge in [-0.3, -0.25) is 4.79 Å². The third-order valence-electron chi connectivity index (χ3n) is 3.75. The number of nitrogens with zero attached hydrogens (tertiary/aromatic N) is 1. The molecular formula is C15H22N2O2. The molecule has 1 aromatic carbocycles. The molecular weight excluding hydrogens is 240 g/mol. The van der Waals surface area contributed by atoms with Crippen LogP contribution in [0.2, 0.25) is 0 Å². The molecule has 0 saturated carbocycles. The normalized spacial score (nSPS) is 19.5. The van der Waals surface area contributed by atoms with Gasteiger partial charge in [0.15, 0.2) is 0 Å². The van der Waals surface area contributed by atoms with Crippen LogP contribution in [-0.4, -0.2) is 36.8 Å². The minimum absolute atomic E-state index is 0.0395. The molecule has 4 heteroatoms. The number of carboxylic acids is 1. The van der Waals surface area contributed by atoms with Crippen LogP contribution in [0.25, 0.3) is 0 Å². The number of carbonyl (C=O) groups is 1. The summed E-state index contributed by atoms with van der Waals surface area (Å²) in [4.78, 5) is 13.3. The number of rotatable bonds is 4. The zero-order valence-electron chi connectivity index (χ0n) is 11.6. The Hall–Kier alpha value is -1.55. The SMILES string of the molecule is CCc1cccc(C)c1N1CCNCC1CC(=O)O. The summed E-state index contributed by atoms with van der Waals surface area (Å²) in [5.41, 5.74) is 3.77. The van der Waals surface area contributed by atoms with Crippen LogP contribution >= 0.6 is 0 Å². The number of benzene rings is 1. The molecule has 4 nitrogen and oxygen atoms in total. The van der Waals surface area contributed by atoms with Crippen LogP contribution in [0.4, 0.5) is 5.69 Å². The lowest BCUT2D eigenvalue weighted by atomic mass is 10.0. The van der Waals surface area contributed by atoms with Crippen LogP contribution in [0.5, 0.6) is 0 Å². The fourth-order valence-corrected chi connectivity index (χ4v) is 2.86. The van der Waals surface area contributed by atoms with Crippen LogP contribution in [-0.2, 0) is 11.2 Å². The van der Waals surface area contributed by atoms with E-state index in [4.69, 9.17) is 5.11 Å². The Morgan fingerprint density at radius 3 is 3.00 bits per heavy atom. The van der Waals surface area contributed by atoms with Crippen LogP contribution < -0.4 is 10.2 Å². The number of piperazine rings is 1. The second kappa shape index (κ2) is 6.06. The summed E-state index contributed by atoms with van der Waals surface area (Å²) in [7, 11) is 0. The lowest BCUT2D eigenvalue weighted by Crippen LogP contribution is -2.52. The minimum Gasteiger partial charge on any atom is -0.481 e. The van der Waals surface area contributed by atoms with Gasteiger partial charge in [-0.2, -0.15) is 0 Å². The third kappa shape index (κ3) is 3.07. The second-order valence-electron chi connectivity index (χ2n) is 5.09. The van der Waals surface area contributed by atoms with Gasteiger partial charge in [0.05, 0.1) is 12.5 Å². The first-order valence-corrected chi connectivity index (χ1v) is 6.91. The molecule has 0 aromatic heterocycles. The van der Waals surface area contributed by atoms with Gasteiger partial charge in [0.25, 0.3) is 0 Å². The van der Waals surface area contributed by atoms with Gasteiger partial charge in [-0.05, 0) is 24.5 Å². The molecule has 1 saturated heterocycles. The molecule has 104 valence electrons. The predicted octanol–water partition coefficient (Wildman–Crippen LogP) is 1.81. The number of hydrogen-bond donors (Lipinski definition) is 2. The molecule has 0 aliphatic carbocycles. The molecule has 1 atom stereocenters. The number of carboxylic acid groups (broad SMARTS) is 1. The fraction of sp³-hybridized carbons (Fsp3) is 0.533. The van der Waals surface area contributed by atoms with E-state index in [9.17, 15) is 4.79 Å². The average molecular weight is 262 g/mol. The number of aryl methyl sites for hydroxylation is 2. The van der Waals surface area contributed by atoms with Crippen LogP contribution in [0.3, 0.4) is 0 Å². The summed E-state index contributed by atoms with van der Waals surface area (Å²) in [5.74, 6) is -0.731. The second-order valence-corrected chi connectivity index (χ2v) is 5.09. The van der Waals surface area contributed by atoms with E-state index in [2.05, 4.69) is 42.3 Å². The standard InChI is InChI=1S/C15H22N2O2/c1-3-12-6-4-5-11(2)15(12)17-8-7-16-10-13(17)9-14(18)19/h4-6,13,16H,3,7-10H2,1-2H3,(H,18,19). The van der Waals surface area contributed by atoms with Gasteiger partial charge in [0.1, 0.15) is 0 Å². The van der Waals surface area contributed by atoms with Gasteiger partial charge in [-0.1, -0.05) is 25.1 Å². The Bertz CT molecular complexity index is 459. The number of aliphatic carboxylic acids is 1. The highest BCUT2D eigenvalue weighted by Crippen LogP contribution is 2.28. The average Bonchev–Trinajstić information content (AvgIpc) is 2.39. The van der Waals surface area contributed by atoms with Crippen molar-refractivity contribution in [2.24, 2.45) is 0 Å². The highest BCUT2D eigenvalue weighted by atomic mass is 16.4. The van der Waals surface area contributed by atoms with E-state index in [-0.39, 0.29) is 12.5 Å². The molecule has 1 fully saturated rings. The maximum absolute atomic E-state index is 11.0. The number of hydrogen-bond acceptors (Lipinski definition) is 3. The highest BCUT2D eigenvalue weighted by Gasteiger charge is 2.26. The van der Waals surface area contributed by atoms with Gasteiger partial charge in [-0.15, -0.1) is 0 Å². The van der Waals surface area contributed by atoms with Gasteiger partial charge in [0, 0.05) is 25.3 Å². The maximum Gasteiger partial charge on any atom is 0.305 e. The van der Waals surface area contributed by atoms with Crippen molar-refractivity contribution in [2.45, 2.75) is 32.7 Å². The summed E-state index contributed by atoms with van der Waals surface area (Å²) < 4.78 is 0. The smallest absolute Gasteiger partial charge is 0.305 e. The van der Waals surface area contributed by atoms with E-state index in [1.54, 1.807) is 0 Å². The van der Waals surface area contributed by atoms with Crippen molar-refractivity contribution in [3.8, 4) is 0 Å². The molecule has 0 bridgehead atoms. The van der Waals surface area contributed by atoms with Crippen molar-refractivity contribution >= 4 is 11.7 Å². The summed E-state index contributed by atoms with van der Waals surface area (Å²) in [6.07, 6.45) is 1.16. The van der Waals surface area contributed by atoms with Gasteiger partial charge in [-0.25, -0.2) is 0 Å². The zero-order chi connectivity index (χ0) is 13.8. The molecule has 19 heavy (non-hydrogen) atoms. The first-order chi connectivity index (χ1) is 9.13. The molecule has 0 amide bonds. The summed E-state index contributed by atoms with van der Waals surface area (Å²) in [6.45, 7) is 6.77. The van der Waals surface area contributed by atoms with Crippen molar-refractivity contribution in [1.29, 1.82) is 0 Å². The number of nitrogens with one attached hydrogen (secondary N) is 1. The van der Waals surface area contributed by atoms with E-state index in [0.717, 1.165) is 26.1 Å². The summed E-state index contributed by atoms with van der Waals surface area (Å²) in [5, 5.41) is 12.4. The molecule has 1 unspecified atom stereocenters. The van der Waals surface area contributed by atoms with Crippen molar-refractivity contribution in [3.63, 3.8) is 0 Å². The van der Waals surface area contributed by atoms with Crippen molar-refractivity contribution in [1.82, 2.24) is 5.32 Å². The van der Waals surface area contributed by atoms with E-state index < -0.39 is 5.97 Å². The Balaban J connectivity index is 2.34. The topological polar surface area (TPSA) is 52.6 Å². The molecule has 2 N–H and O–H groups in total. The Morgan fingerprint density at radius 2 is 2.32 bits per heavy atom. The molecule has 1 aliphatic rings. The lowest BCUT2D eigenvalue weighted by molar-refractivity contribution is -0.137. The number of anilines is 1. The first-order valence-electron chi connectivity index (χ1n) is 6.91. The molecule has 0 radical (unpaired) electrons. The van der Waals surface area contributed by atoms with Crippen LogP contribution in [0.1, 0.15) is 24.5 Å². The Morgan fingerprint density at radius 1 is 1.53 bits per heavy atom. The van der Waals surface area contributed by atoms with E-state index in [1.165, 1.54) is 16.8 Å². The summed E-state index contributed by atoms with van der Waals surface area (Å²) in [6, 6.07) is 6.36. The molecule has 1 aliphatic heterocycles.